The zero-order chi connectivity index (χ0) is 20.1. The highest BCUT2D eigenvalue weighted by Crippen LogP contribution is 2.33. The van der Waals surface area contributed by atoms with E-state index in [2.05, 4.69) is 23.5 Å². The normalized spacial score (nSPS) is 16.5. The molecular formula is C21H31N4O2S+. The number of piperidine rings is 1. The Bertz CT molecular complexity index is 779. The minimum atomic E-state index is 0.00851. The number of aromatic nitrogens is 1. The summed E-state index contributed by atoms with van der Waals surface area (Å²) in [6.45, 7) is 8.96. The average molecular weight is 404 g/mol. The van der Waals surface area contributed by atoms with Crippen molar-refractivity contribution >= 4 is 33.4 Å². The summed E-state index contributed by atoms with van der Waals surface area (Å²) in [5.74, 6) is 0.596. The number of likely N-dealkylation sites (N-methyl/N-ethyl adjacent to an activating group) is 1. The summed E-state index contributed by atoms with van der Waals surface area (Å²) in [5.41, 5.74) is 1.07. The predicted octanol–water partition coefficient (Wildman–Crippen LogP) is 1.43. The van der Waals surface area contributed by atoms with Crippen LogP contribution in [0, 0.1) is 0 Å². The van der Waals surface area contributed by atoms with Crippen LogP contribution in [-0.4, -0.2) is 60.5 Å². The summed E-state index contributed by atoms with van der Waals surface area (Å²) in [5, 5.41) is 4.10. The zero-order valence-corrected chi connectivity index (χ0v) is 17.8. The van der Waals surface area contributed by atoms with E-state index in [1.54, 1.807) is 11.3 Å². The average Bonchev–Trinajstić information content (AvgIpc) is 3.11. The van der Waals surface area contributed by atoms with E-state index in [9.17, 15) is 9.59 Å². The van der Waals surface area contributed by atoms with Gasteiger partial charge in [-0.1, -0.05) is 12.1 Å². The molecule has 152 valence electrons. The minimum absolute atomic E-state index is 0.00851. The second-order valence-corrected chi connectivity index (χ2v) is 8.92. The first-order valence-electron chi connectivity index (χ1n) is 10.2. The highest BCUT2D eigenvalue weighted by Gasteiger charge is 2.28. The predicted molar refractivity (Wildman–Crippen MR) is 113 cm³/mol. The van der Waals surface area contributed by atoms with Crippen LogP contribution in [0.15, 0.2) is 24.3 Å². The third kappa shape index (κ3) is 5.29. The van der Waals surface area contributed by atoms with Crippen molar-refractivity contribution in [3.63, 3.8) is 0 Å². The number of amides is 2. The molecule has 1 aliphatic heterocycles. The van der Waals surface area contributed by atoms with Gasteiger partial charge in [0.15, 0.2) is 13.1 Å². The van der Waals surface area contributed by atoms with Crippen LogP contribution in [0.3, 0.4) is 0 Å². The molecule has 0 radical (unpaired) electrons. The maximum atomic E-state index is 12.7. The summed E-state index contributed by atoms with van der Waals surface area (Å²) in [6.07, 6.45) is 1.92. The van der Waals surface area contributed by atoms with Gasteiger partial charge in [-0.3, -0.25) is 9.59 Å². The molecule has 6 nitrogen and oxygen atoms in total. The van der Waals surface area contributed by atoms with Gasteiger partial charge in [-0.05, 0) is 45.7 Å². The molecule has 0 saturated carbocycles. The third-order valence-electron chi connectivity index (χ3n) is 5.27. The number of carbonyl (C=O) groups is 2. The number of nitrogens with one attached hydrogen (secondary N) is 2. The molecule has 7 heteroatoms. The van der Waals surface area contributed by atoms with E-state index in [1.807, 2.05) is 31.7 Å². The SMILES string of the molecule is CC[NH+](CC(=O)NC(C)C)CC(=O)N1CCC(c2nc3ccccc3s2)CC1. The van der Waals surface area contributed by atoms with Gasteiger partial charge in [0.25, 0.3) is 11.8 Å². The standard InChI is InChI=1S/C21H30N4O2S/c1-4-24(13-19(26)22-15(2)3)14-20(27)25-11-9-16(10-12-25)21-23-17-7-5-6-8-18(17)28-21/h5-8,15-16H,4,9-14H2,1-3H3,(H,22,26)/p+1. The van der Waals surface area contributed by atoms with Gasteiger partial charge in [0, 0.05) is 25.0 Å². The van der Waals surface area contributed by atoms with Crippen molar-refractivity contribution in [3.05, 3.63) is 29.3 Å². The van der Waals surface area contributed by atoms with Gasteiger partial charge in [0.1, 0.15) is 0 Å². The number of rotatable bonds is 7. The van der Waals surface area contributed by atoms with Crippen molar-refractivity contribution in [1.82, 2.24) is 15.2 Å². The lowest BCUT2D eigenvalue weighted by atomic mass is 9.97. The first-order chi connectivity index (χ1) is 13.5. The number of hydrogen-bond acceptors (Lipinski definition) is 4. The van der Waals surface area contributed by atoms with Crippen LogP contribution in [0.2, 0.25) is 0 Å². The van der Waals surface area contributed by atoms with Crippen molar-refractivity contribution in [2.45, 2.75) is 45.6 Å². The van der Waals surface area contributed by atoms with Gasteiger partial charge >= 0.3 is 0 Å². The molecule has 1 unspecified atom stereocenters. The summed E-state index contributed by atoms with van der Waals surface area (Å²) >= 11 is 1.78. The number of likely N-dealkylation sites (tertiary alicyclic amines) is 1. The van der Waals surface area contributed by atoms with Crippen LogP contribution in [0.4, 0.5) is 0 Å². The molecular weight excluding hydrogens is 372 g/mol. The number of benzene rings is 1. The van der Waals surface area contributed by atoms with Crippen LogP contribution in [0.1, 0.15) is 44.5 Å². The van der Waals surface area contributed by atoms with E-state index in [4.69, 9.17) is 4.98 Å². The Hall–Kier alpha value is -1.99. The Morgan fingerprint density at radius 1 is 1.25 bits per heavy atom. The van der Waals surface area contributed by atoms with Gasteiger partial charge < -0.3 is 15.1 Å². The van der Waals surface area contributed by atoms with Gasteiger partial charge in [-0.25, -0.2) is 4.98 Å². The van der Waals surface area contributed by atoms with Crippen molar-refractivity contribution in [3.8, 4) is 0 Å². The molecule has 0 spiro atoms. The Kier molecular flexibility index (Phi) is 7.02. The minimum Gasteiger partial charge on any atom is -0.349 e. The van der Waals surface area contributed by atoms with Crippen LogP contribution >= 0.6 is 11.3 Å². The van der Waals surface area contributed by atoms with E-state index in [0.29, 0.717) is 19.0 Å². The number of para-hydroxylation sites is 1. The van der Waals surface area contributed by atoms with Gasteiger partial charge in [-0.15, -0.1) is 11.3 Å². The van der Waals surface area contributed by atoms with E-state index in [0.717, 1.165) is 42.9 Å². The fourth-order valence-electron chi connectivity index (χ4n) is 3.68. The van der Waals surface area contributed by atoms with Gasteiger partial charge in [-0.2, -0.15) is 0 Å². The first kappa shape index (κ1) is 20.7. The number of hydrogen-bond donors (Lipinski definition) is 2. The molecule has 1 fully saturated rings. The lowest BCUT2D eigenvalue weighted by Gasteiger charge is -2.31. The number of thiazole rings is 1. The molecule has 1 saturated heterocycles. The van der Waals surface area contributed by atoms with Crippen molar-refractivity contribution in [2.75, 3.05) is 32.7 Å². The fourth-order valence-corrected chi connectivity index (χ4v) is 4.82. The Morgan fingerprint density at radius 2 is 1.96 bits per heavy atom. The summed E-state index contributed by atoms with van der Waals surface area (Å²) in [7, 11) is 0. The Balaban J connectivity index is 1.50. The number of carbonyl (C=O) groups excluding carboxylic acids is 2. The topological polar surface area (TPSA) is 66.7 Å². The largest absolute Gasteiger partial charge is 0.349 e. The molecule has 2 aromatic rings. The number of nitrogens with zero attached hydrogens (tertiary/aromatic N) is 2. The molecule has 1 aliphatic rings. The summed E-state index contributed by atoms with van der Waals surface area (Å²) < 4.78 is 1.23. The van der Waals surface area contributed by atoms with E-state index >= 15 is 0 Å². The highest BCUT2D eigenvalue weighted by atomic mass is 32.1. The number of quaternary nitrogens is 1. The second-order valence-electron chi connectivity index (χ2n) is 7.85. The molecule has 1 aromatic heterocycles. The lowest BCUT2D eigenvalue weighted by molar-refractivity contribution is -0.882. The van der Waals surface area contributed by atoms with Gasteiger partial charge in [0.2, 0.25) is 0 Å². The monoisotopic (exact) mass is 403 g/mol. The smallest absolute Gasteiger partial charge is 0.277 e. The first-order valence-corrected chi connectivity index (χ1v) is 11.0. The molecule has 2 heterocycles. The molecule has 2 N–H and O–H groups in total. The molecule has 3 rings (SSSR count). The molecule has 1 aromatic carbocycles. The maximum Gasteiger partial charge on any atom is 0.277 e. The Labute approximate surface area is 170 Å². The number of fused-ring (bicyclic) bond motifs is 1. The molecule has 28 heavy (non-hydrogen) atoms. The summed E-state index contributed by atoms with van der Waals surface area (Å²) in [4.78, 5) is 32.5. The summed E-state index contributed by atoms with van der Waals surface area (Å²) in [6, 6.07) is 8.38. The van der Waals surface area contributed by atoms with E-state index in [-0.39, 0.29) is 17.9 Å². The van der Waals surface area contributed by atoms with Crippen molar-refractivity contribution in [2.24, 2.45) is 0 Å². The Morgan fingerprint density at radius 3 is 2.61 bits per heavy atom. The lowest BCUT2D eigenvalue weighted by Crippen LogP contribution is -3.14. The van der Waals surface area contributed by atoms with Crippen molar-refractivity contribution in [1.29, 1.82) is 0 Å². The van der Waals surface area contributed by atoms with Crippen molar-refractivity contribution < 1.29 is 14.5 Å². The maximum absolute atomic E-state index is 12.7. The fraction of sp³-hybridized carbons (Fsp3) is 0.571. The third-order valence-corrected chi connectivity index (χ3v) is 6.47. The van der Waals surface area contributed by atoms with E-state index < -0.39 is 0 Å². The van der Waals surface area contributed by atoms with Crippen LogP contribution in [0.25, 0.3) is 10.2 Å². The zero-order valence-electron chi connectivity index (χ0n) is 17.0. The van der Waals surface area contributed by atoms with Crippen LogP contribution in [0.5, 0.6) is 0 Å². The second kappa shape index (κ2) is 9.47. The van der Waals surface area contributed by atoms with Crippen LogP contribution in [-0.2, 0) is 9.59 Å². The van der Waals surface area contributed by atoms with Gasteiger partial charge in [0.05, 0.1) is 21.8 Å². The molecule has 2 amide bonds. The van der Waals surface area contributed by atoms with E-state index in [1.165, 1.54) is 9.71 Å². The molecule has 0 aliphatic carbocycles. The quantitative estimate of drug-likeness (QED) is 0.735. The molecule has 1 atom stereocenters. The molecule has 0 bridgehead atoms. The van der Waals surface area contributed by atoms with Crippen LogP contribution < -0.4 is 10.2 Å². The highest BCUT2D eigenvalue weighted by molar-refractivity contribution is 7.18.